The fraction of sp³-hybridized carbons (Fsp3) is 0.370. The number of nitrogens with one attached hydrogen (secondary N) is 2. The Labute approximate surface area is 226 Å². The van der Waals surface area contributed by atoms with Crippen LogP contribution < -0.4 is 10.6 Å². The first-order valence-corrected chi connectivity index (χ1v) is 14.3. The minimum Gasteiger partial charge on any atom is -0.451 e. The van der Waals surface area contributed by atoms with E-state index in [0.717, 1.165) is 0 Å². The number of sulfonamides is 1. The van der Waals surface area contributed by atoms with Crippen molar-refractivity contribution in [2.75, 3.05) is 13.1 Å². The topological polar surface area (TPSA) is 126 Å². The van der Waals surface area contributed by atoms with Gasteiger partial charge in [-0.05, 0) is 68.1 Å². The van der Waals surface area contributed by atoms with Crippen LogP contribution in [0.1, 0.15) is 43.7 Å². The molecule has 0 saturated carbocycles. The van der Waals surface area contributed by atoms with Crippen molar-refractivity contribution in [1.82, 2.24) is 14.9 Å². The molecule has 1 aromatic heterocycles. The van der Waals surface area contributed by atoms with Crippen molar-refractivity contribution < 1.29 is 27.2 Å². The number of halogens is 1. The van der Waals surface area contributed by atoms with Gasteiger partial charge < -0.3 is 15.1 Å². The van der Waals surface area contributed by atoms with Crippen LogP contribution >= 0.6 is 11.6 Å². The quantitative estimate of drug-likeness (QED) is 0.430. The third-order valence-corrected chi connectivity index (χ3v) is 8.40. The second-order valence-electron chi connectivity index (χ2n) is 9.70. The normalized spacial score (nSPS) is 17.3. The Morgan fingerprint density at radius 3 is 2.55 bits per heavy atom. The van der Waals surface area contributed by atoms with E-state index in [9.17, 15) is 22.8 Å². The summed E-state index contributed by atoms with van der Waals surface area (Å²) in [6.45, 7) is 4.16. The van der Waals surface area contributed by atoms with Crippen LogP contribution in [0.4, 0.5) is 0 Å². The third-order valence-electron chi connectivity index (χ3n) is 6.33. The molecule has 1 fully saturated rings. The van der Waals surface area contributed by atoms with Crippen LogP contribution in [0, 0.1) is 5.92 Å². The molecule has 11 heteroatoms. The van der Waals surface area contributed by atoms with Crippen LogP contribution in [0.25, 0.3) is 11.0 Å². The highest BCUT2D eigenvalue weighted by Crippen LogP contribution is 2.26. The van der Waals surface area contributed by atoms with Crippen LogP contribution in [0.3, 0.4) is 0 Å². The Hall–Kier alpha value is -3.21. The molecular formula is C27H30ClN3O6S. The van der Waals surface area contributed by atoms with E-state index >= 15 is 0 Å². The van der Waals surface area contributed by atoms with Gasteiger partial charge >= 0.3 is 0 Å². The number of furan rings is 1. The number of nitrogens with zero attached hydrogens (tertiary/aromatic N) is 1. The fourth-order valence-electron chi connectivity index (χ4n) is 4.49. The highest BCUT2D eigenvalue weighted by molar-refractivity contribution is 7.89. The zero-order valence-corrected chi connectivity index (χ0v) is 22.7. The number of para-hydroxylation sites is 1. The lowest BCUT2D eigenvalue weighted by Crippen LogP contribution is -2.56. The van der Waals surface area contributed by atoms with Gasteiger partial charge in [-0.3, -0.25) is 14.4 Å². The average molecular weight is 560 g/mol. The summed E-state index contributed by atoms with van der Waals surface area (Å²) in [4.78, 5) is 40.1. The zero-order valence-electron chi connectivity index (χ0n) is 21.1. The van der Waals surface area contributed by atoms with Gasteiger partial charge in [-0.2, -0.15) is 0 Å². The van der Waals surface area contributed by atoms with E-state index in [2.05, 4.69) is 10.6 Å². The predicted octanol–water partition coefficient (Wildman–Crippen LogP) is 3.77. The number of ketones is 1. The van der Waals surface area contributed by atoms with Crippen LogP contribution in [0.5, 0.6) is 0 Å². The lowest BCUT2D eigenvalue weighted by Gasteiger charge is -2.33. The number of fused-ring (bicyclic) bond motifs is 1. The molecule has 2 heterocycles. The maximum Gasteiger partial charge on any atom is 0.287 e. The summed E-state index contributed by atoms with van der Waals surface area (Å²) < 4.78 is 34.0. The Morgan fingerprint density at radius 1 is 1.16 bits per heavy atom. The highest BCUT2D eigenvalue weighted by atomic mass is 35.5. The third kappa shape index (κ3) is 6.09. The largest absolute Gasteiger partial charge is 0.451 e. The summed E-state index contributed by atoms with van der Waals surface area (Å²) in [5.41, 5.74) is 0.507. The molecule has 1 aliphatic heterocycles. The molecule has 1 aliphatic rings. The molecule has 2 aromatic carbocycles. The van der Waals surface area contributed by atoms with Gasteiger partial charge in [-0.1, -0.05) is 43.6 Å². The van der Waals surface area contributed by atoms with E-state index in [1.54, 1.807) is 24.3 Å². The van der Waals surface area contributed by atoms with Gasteiger partial charge in [-0.25, -0.2) is 12.7 Å². The maximum atomic E-state index is 14.1. The van der Waals surface area contributed by atoms with Gasteiger partial charge in [-0.15, -0.1) is 0 Å². The molecule has 3 aromatic rings. The molecule has 2 N–H and O–H groups in total. The van der Waals surface area contributed by atoms with Crippen molar-refractivity contribution in [2.45, 2.75) is 50.1 Å². The summed E-state index contributed by atoms with van der Waals surface area (Å²) in [5, 5.41) is 6.68. The van der Waals surface area contributed by atoms with Crippen LogP contribution in [-0.2, 0) is 19.6 Å². The maximum absolute atomic E-state index is 14.1. The zero-order chi connectivity index (χ0) is 27.4. The number of Topliss-reactive ketones (excluding diaryl/α,β-unsaturated/α-hetero) is 1. The lowest BCUT2D eigenvalue weighted by molar-refractivity contribution is -0.135. The van der Waals surface area contributed by atoms with Crippen molar-refractivity contribution in [3.63, 3.8) is 0 Å². The van der Waals surface area contributed by atoms with E-state index < -0.39 is 39.7 Å². The minimum absolute atomic E-state index is 0.00499. The fourth-order valence-corrected chi connectivity index (χ4v) is 6.24. The lowest BCUT2D eigenvalue weighted by atomic mass is 10.0. The molecule has 2 atom stereocenters. The molecule has 4 rings (SSSR count). The van der Waals surface area contributed by atoms with E-state index in [1.165, 1.54) is 24.3 Å². The number of benzene rings is 2. The first-order chi connectivity index (χ1) is 18.1. The van der Waals surface area contributed by atoms with Crippen molar-refractivity contribution in [2.24, 2.45) is 5.92 Å². The van der Waals surface area contributed by atoms with Gasteiger partial charge in [0.25, 0.3) is 21.8 Å². The van der Waals surface area contributed by atoms with Crippen molar-refractivity contribution in [3.8, 4) is 0 Å². The number of amides is 2. The van der Waals surface area contributed by atoms with Crippen LogP contribution in [0.2, 0.25) is 5.02 Å². The average Bonchev–Trinajstić information content (AvgIpc) is 3.21. The Bertz CT molecular complexity index is 1400. The minimum atomic E-state index is -4.47. The molecule has 0 spiro atoms. The smallest absolute Gasteiger partial charge is 0.287 e. The number of carbonyl (C=O) groups is 3. The van der Waals surface area contributed by atoms with Crippen LogP contribution in [0.15, 0.2) is 63.9 Å². The molecule has 2 amide bonds. The van der Waals surface area contributed by atoms with Crippen LogP contribution in [-0.4, -0.2) is 55.5 Å². The summed E-state index contributed by atoms with van der Waals surface area (Å²) in [7, 11) is -4.47. The summed E-state index contributed by atoms with van der Waals surface area (Å²) in [6.07, 6.45) is 0.809. The van der Waals surface area contributed by atoms with Gasteiger partial charge in [0.2, 0.25) is 0 Å². The van der Waals surface area contributed by atoms with Gasteiger partial charge in [0.05, 0.1) is 11.4 Å². The Morgan fingerprint density at radius 2 is 1.87 bits per heavy atom. The summed E-state index contributed by atoms with van der Waals surface area (Å²) in [5.74, 6) is -2.03. The first kappa shape index (κ1) is 27.8. The number of carbonyl (C=O) groups excluding carboxylic acids is 3. The van der Waals surface area contributed by atoms with E-state index in [0.29, 0.717) is 33.3 Å². The van der Waals surface area contributed by atoms with Gasteiger partial charge in [0.1, 0.15) is 17.7 Å². The standard InChI is InChI=1S/C27H30ClN3O6S/c1-17(2)14-21(30-26(33)25-15-18-6-3-4-8-24(18)37-25)27(34)31(22-7-5-13-29-16-23(22)32)38(35,36)20-11-9-19(28)10-12-20/h3-4,6,8-12,15,17,21-22,29H,5,7,13-14,16H2,1-2H3,(H,30,33)/t21?,22-/m0/s1. The molecule has 0 aliphatic carbocycles. The van der Waals surface area contributed by atoms with E-state index in [4.69, 9.17) is 16.0 Å². The van der Waals surface area contributed by atoms with Gasteiger partial charge in [0, 0.05) is 10.4 Å². The van der Waals surface area contributed by atoms with Crippen molar-refractivity contribution in [1.29, 1.82) is 0 Å². The summed E-state index contributed by atoms with van der Waals surface area (Å²) >= 11 is 5.96. The van der Waals surface area contributed by atoms with E-state index in [-0.39, 0.29) is 36.0 Å². The molecule has 1 saturated heterocycles. The Kier molecular flexibility index (Phi) is 8.54. The van der Waals surface area contributed by atoms with Crippen molar-refractivity contribution >= 4 is 50.2 Å². The second kappa shape index (κ2) is 11.7. The SMILES string of the molecule is CC(C)CC(NC(=O)c1cc2ccccc2o1)C(=O)N([C@H]1CCCNCC1=O)S(=O)(=O)c1ccc(Cl)cc1. The summed E-state index contributed by atoms with van der Waals surface area (Å²) in [6, 6.07) is 11.6. The van der Waals surface area contributed by atoms with Gasteiger partial charge in [0.15, 0.2) is 11.5 Å². The molecule has 9 nitrogen and oxygen atoms in total. The monoisotopic (exact) mass is 559 g/mol. The first-order valence-electron chi connectivity index (χ1n) is 12.4. The molecule has 38 heavy (non-hydrogen) atoms. The second-order valence-corrected chi connectivity index (χ2v) is 11.9. The molecule has 0 bridgehead atoms. The highest BCUT2D eigenvalue weighted by Gasteiger charge is 2.43. The molecule has 202 valence electrons. The van der Waals surface area contributed by atoms with E-state index in [1.807, 2.05) is 19.9 Å². The number of hydrogen-bond acceptors (Lipinski definition) is 7. The number of hydrogen-bond donors (Lipinski definition) is 2. The van der Waals surface area contributed by atoms with Crippen molar-refractivity contribution in [3.05, 3.63) is 65.4 Å². The Balaban J connectivity index is 1.72. The number of rotatable bonds is 8. The molecule has 1 unspecified atom stereocenters. The molecular weight excluding hydrogens is 530 g/mol. The molecule has 0 radical (unpaired) electrons. The predicted molar refractivity (Wildman–Crippen MR) is 143 cm³/mol.